The lowest BCUT2D eigenvalue weighted by Crippen LogP contribution is -2.19. The minimum absolute atomic E-state index is 0.292. The smallest absolute Gasteiger partial charge is 0.338 e. The van der Waals surface area contributed by atoms with Crippen LogP contribution in [0.3, 0.4) is 0 Å². The van der Waals surface area contributed by atoms with Gasteiger partial charge < -0.3 is 18.8 Å². The molecule has 0 fully saturated rings. The van der Waals surface area contributed by atoms with Crippen molar-refractivity contribution in [2.24, 2.45) is 0 Å². The van der Waals surface area contributed by atoms with Gasteiger partial charge in [0.2, 0.25) is 5.89 Å². The molecule has 0 radical (unpaired) electrons. The highest BCUT2D eigenvalue weighted by Gasteiger charge is 2.17. The third-order valence-electron chi connectivity index (χ3n) is 6.65. The van der Waals surface area contributed by atoms with Gasteiger partial charge in [-0.25, -0.2) is 14.2 Å². The Kier molecular flexibility index (Phi) is 8.74. The number of halogens is 1. The van der Waals surface area contributed by atoms with E-state index in [4.69, 9.17) is 13.9 Å². The minimum Gasteiger partial charge on any atom is -0.493 e. The maximum absolute atomic E-state index is 13.7. The van der Waals surface area contributed by atoms with Gasteiger partial charge in [0.15, 0.2) is 0 Å². The van der Waals surface area contributed by atoms with Gasteiger partial charge in [-0.3, -0.25) is 0 Å². The van der Waals surface area contributed by atoms with Crippen molar-refractivity contribution in [3.63, 3.8) is 0 Å². The first-order valence-corrected chi connectivity index (χ1v) is 13.5. The van der Waals surface area contributed by atoms with Crippen molar-refractivity contribution in [2.45, 2.75) is 26.8 Å². The van der Waals surface area contributed by atoms with E-state index in [9.17, 15) is 9.18 Å². The van der Waals surface area contributed by atoms with E-state index >= 15 is 0 Å². The Balaban J connectivity index is 1.30. The van der Waals surface area contributed by atoms with Crippen LogP contribution in [0.4, 0.5) is 15.8 Å². The number of benzene rings is 4. The Morgan fingerprint density at radius 3 is 2.24 bits per heavy atom. The number of anilines is 2. The predicted molar refractivity (Wildman–Crippen MR) is 157 cm³/mol. The number of nitrogens with zero attached hydrogens (tertiary/aromatic N) is 2. The summed E-state index contributed by atoms with van der Waals surface area (Å²) in [5.41, 5.74) is 4.75. The number of carbonyl (C=O) groups is 1. The molecule has 0 saturated heterocycles. The normalized spacial score (nSPS) is 10.8. The number of hydrogen-bond donors (Lipinski definition) is 0. The van der Waals surface area contributed by atoms with Crippen LogP contribution in [0.25, 0.3) is 11.5 Å². The van der Waals surface area contributed by atoms with E-state index in [1.807, 2.05) is 84.6 Å². The summed E-state index contributed by atoms with van der Waals surface area (Å²) >= 11 is 0. The van der Waals surface area contributed by atoms with Crippen LogP contribution in [0.2, 0.25) is 0 Å². The molecule has 1 heterocycles. The third kappa shape index (κ3) is 6.81. The molecule has 4 aromatic carbocycles. The van der Waals surface area contributed by atoms with Crippen LogP contribution in [0, 0.1) is 12.7 Å². The Labute approximate surface area is 239 Å². The zero-order valence-corrected chi connectivity index (χ0v) is 23.0. The van der Waals surface area contributed by atoms with Crippen LogP contribution >= 0.6 is 0 Å². The predicted octanol–water partition coefficient (Wildman–Crippen LogP) is 7.93. The quantitative estimate of drug-likeness (QED) is 0.156. The lowest BCUT2D eigenvalue weighted by Gasteiger charge is -2.26. The molecule has 208 valence electrons. The summed E-state index contributed by atoms with van der Waals surface area (Å²) in [6.07, 6.45) is 0.607. The van der Waals surface area contributed by atoms with E-state index < -0.39 is 0 Å². The Morgan fingerprint density at radius 2 is 1.54 bits per heavy atom. The number of rotatable bonds is 11. The van der Waals surface area contributed by atoms with Crippen molar-refractivity contribution in [1.82, 2.24) is 4.98 Å². The zero-order valence-electron chi connectivity index (χ0n) is 23.0. The second kappa shape index (κ2) is 13.0. The summed E-state index contributed by atoms with van der Waals surface area (Å²) in [5.74, 6) is 1.41. The molecule has 0 atom stereocenters. The van der Waals surface area contributed by atoms with Crippen molar-refractivity contribution in [2.75, 3.05) is 18.1 Å². The maximum atomic E-state index is 13.7. The van der Waals surface area contributed by atoms with Gasteiger partial charge in [0, 0.05) is 29.9 Å². The summed E-state index contributed by atoms with van der Waals surface area (Å²) in [4.78, 5) is 19.3. The molecule has 0 unspecified atom stereocenters. The van der Waals surface area contributed by atoms with Crippen LogP contribution in [0.15, 0.2) is 108 Å². The van der Waals surface area contributed by atoms with Gasteiger partial charge in [-0.1, -0.05) is 36.4 Å². The van der Waals surface area contributed by atoms with Crippen LogP contribution in [-0.4, -0.2) is 24.2 Å². The fourth-order valence-electron chi connectivity index (χ4n) is 4.54. The van der Waals surface area contributed by atoms with E-state index in [0.29, 0.717) is 43.4 Å². The van der Waals surface area contributed by atoms with Gasteiger partial charge in [-0.05, 0) is 86.1 Å². The molecular weight excluding hydrogens is 519 g/mol. The summed E-state index contributed by atoms with van der Waals surface area (Å²) in [6, 6.07) is 31.1. The van der Waals surface area contributed by atoms with Gasteiger partial charge in [0.05, 0.1) is 24.5 Å². The third-order valence-corrected chi connectivity index (χ3v) is 6.65. The molecule has 0 saturated carbocycles. The molecule has 7 heteroatoms. The van der Waals surface area contributed by atoms with Crippen LogP contribution < -0.4 is 9.64 Å². The monoisotopic (exact) mass is 550 g/mol. The van der Waals surface area contributed by atoms with Crippen molar-refractivity contribution in [3.05, 3.63) is 132 Å². The Hall–Kier alpha value is -4.91. The number of hydrogen-bond acceptors (Lipinski definition) is 6. The lowest BCUT2D eigenvalue weighted by molar-refractivity contribution is 0.0525. The number of esters is 1. The van der Waals surface area contributed by atoms with Crippen LogP contribution in [-0.2, 0) is 17.7 Å². The fraction of sp³-hybridized carbons (Fsp3) is 0.176. The lowest BCUT2D eigenvalue weighted by atomic mass is 10.1. The molecule has 0 bridgehead atoms. The molecule has 0 aliphatic rings. The number of aryl methyl sites for hydroxylation is 1. The van der Waals surface area contributed by atoms with E-state index in [0.717, 1.165) is 34.0 Å². The first-order valence-electron chi connectivity index (χ1n) is 13.5. The van der Waals surface area contributed by atoms with Gasteiger partial charge >= 0.3 is 5.97 Å². The molecule has 5 aromatic rings. The molecular formula is C34H31FN2O4. The van der Waals surface area contributed by atoms with E-state index in [2.05, 4.69) is 4.98 Å². The highest BCUT2D eigenvalue weighted by molar-refractivity contribution is 5.91. The second-order valence-corrected chi connectivity index (χ2v) is 9.42. The van der Waals surface area contributed by atoms with Gasteiger partial charge in [-0.15, -0.1) is 0 Å². The van der Waals surface area contributed by atoms with E-state index in [1.165, 1.54) is 12.1 Å². The van der Waals surface area contributed by atoms with E-state index in [-0.39, 0.29) is 11.8 Å². The van der Waals surface area contributed by atoms with Crippen molar-refractivity contribution >= 4 is 17.3 Å². The summed E-state index contributed by atoms with van der Waals surface area (Å²) in [6.45, 7) is 4.81. The molecule has 5 rings (SSSR count). The summed E-state index contributed by atoms with van der Waals surface area (Å²) < 4.78 is 30.9. The maximum Gasteiger partial charge on any atom is 0.338 e. The van der Waals surface area contributed by atoms with E-state index in [1.54, 1.807) is 25.1 Å². The van der Waals surface area contributed by atoms with Crippen molar-refractivity contribution in [3.8, 4) is 17.2 Å². The first kappa shape index (κ1) is 27.6. The topological polar surface area (TPSA) is 64.8 Å². The molecule has 0 amide bonds. The van der Waals surface area contributed by atoms with Crippen LogP contribution in [0.5, 0.6) is 5.75 Å². The molecule has 0 spiro atoms. The first-order chi connectivity index (χ1) is 20.0. The van der Waals surface area contributed by atoms with Crippen LogP contribution in [0.1, 0.15) is 34.3 Å². The number of ether oxygens (including phenoxy) is 2. The molecule has 0 aliphatic heterocycles. The Morgan fingerprint density at radius 1 is 0.878 bits per heavy atom. The minimum atomic E-state index is -0.371. The summed E-state index contributed by atoms with van der Waals surface area (Å²) in [7, 11) is 0. The highest BCUT2D eigenvalue weighted by atomic mass is 19.1. The number of carbonyl (C=O) groups excluding carboxylic acids is 1. The number of aromatic nitrogens is 1. The fourth-order valence-corrected chi connectivity index (χ4v) is 4.54. The van der Waals surface area contributed by atoms with Gasteiger partial charge in [-0.2, -0.15) is 0 Å². The number of oxazole rings is 1. The standard InChI is InChI=1S/C34H31FN2O4/c1-3-39-34(38)31-12-8-7-11-26(31)23-37(28-15-13-27(35)14-16-28)29-17-19-30(20-18-29)40-22-21-32-24(2)41-33(36-32)25-9-5-4-6-10-25/h4-20H,3,21-23H2,1-2H3. The summed E-state index contributed by atoms with van der Waals surface area (Å²) in [5, 5.41) is 0. The SMILES string of the molecule is CCOC(=O)c1ccccc1CN(c1ccc(F)cc1)c1ccc(OCCc2nc(-c3ccccc3)oc2C)cc1. The molecule has 41 heavy (non-hydrogen) atoms. The molecule has 0 N–H and O–H groups in total. The molecule has 6 nitrogen and oxygen atoms in total. The molecule has 0 aliphatic carbocycles. The van der Waals surface area contributed by atoms with Crippen molar-refractivity contribution in [1.29, 1.82) is 0 Å². The highest BCUT2D eigenvalue weighted by Crippen LogP contribution is 2.30. The molecule has 1 aromatic heterocycles. The average Bonchev–Trinajstić information content (AvgIpc) is 3.38. The largest absolute Gasteiger partial charge is 0.493 e. The second-order valence-electron chi connectivity index (χ2n) is 9.42. The average molecular weight is 551 g/mol. The van der Waals surface area contributed by atoms with Gasteiger partial charge in [0.25, 0.3) is 0 Å². The van der Waals surface area contributed by atoms with Crippen molar-refractivity contribution < 1.29 is 23.1 Å². The van der Waals surface area contributed by atoms with Gasteiger partial charge in [0.1, 0.15) is 17.3 Å². The Bertz CT molecular complexity index is 1580. The zero-order chi connectivity index (χ0) is 28.6.